The Morgan fingerprint density at radius 3 is 2.74 bits per heavy atom. The molecule has 126 valence electrons. The first-order valence-electron chi connectivity index (χ1n) is 8.42. The summed E-state index contributed by atoms with van der Waals surface area (Å²) in [6, 6.07) is 7.29. The second-order valence-electron chi connectivity index (χ2n) is 6.41. The molecule has 5 heteroatoms. The molecule has 1 aliphatic carbocycles. The average Bonchev–Trinajstić information content (AvgIpc) is 2.99. The van der Waals surface area contributed by atoms with Gasteiger partial charge in [-0.15, -0.1) is 0 Å². The molecule has 1 aliphatic heterocycles. The number of nitrogens with one attached hydrogen (secondary N) is 1. The number of hydrogen-bond acceptors (Lipinski definition) is 5. The molecule has 5 nitrogen and oxygen atoms in total. The van der Waals surface area contributed by atoms with E-state index in [1.807, 2.05) is 6.07 Å². The number of fused-ring (bicyclic) bond motifs is 1. The molecule has 1 saturated heterocycles. The van der Waals surface area contributed by atoms with Crippen LogP contribution in [0.1, 0.15) is 36.4 Å². The van der Waals surface area contributed by atoms with Crippen LogP contribution in [0, 0.1) is 0 Å². The molecule has 1 aromatic rings. The molecule has 2 aliphatic rings. The third-order valence-corrected chi connectivity index (χ3v) is 5.05. The van der Waals surface area contributed by atoms with Gasteiger partial charge in [0, 0.05) is 25.2 Å². The van der Waals surface area contributed by atoms with Crippen molar-refractivity contribution in [3.05, 3.63) is 29.3 Å². The number of ether oxygens (including phenoxy) is 2. The van der Waals surface area contributed by atoms with Gasteiger partial charge in [0.1, 0.15) is 5.75 Å². The van der Waals surface area contributed by atoms with Crippen molar-refractivity contribution in [1.29, 1.82) is 0 Å². The summed E-state index contributed by atoms with van der Waals surface area (Å²) in [6.45, 7) is 2.31. The first-order chi connectivity index (χ1) is 11.2. The van der Waals surface area contributed by atoms with Gasteiger partial charge in [-0.2, -0.15) is 0 Å². The van der Waals surface area contributed by atoms with Crippen molar-refractivity contribution >= 4 is 5.97 Å². The van der Waals surface area contributed by atoms with E-state index in [1.165, 1.54) is 18.2 Å². The number of hydrogen-bond donors (Lipinski definition) is 1. The van der Waals surface area contributed by atoms with E-state index in [2.05, 4.69) is 22.3 Å². The minimum atomic E-state index is -0.145. The highest BCUT2D eigenvalue weighted by molar-refractivity contribution is 5.71. The quantitative estimate of drug-likeness (QED) is 0.841. The van der Waals surface area contributed by atoms with Crippen LogP contribution in [-0.4, -0.2) is 50.8 Å². The fourth-order valence-corrected chi connectivity index (χ4v) is 3.77. The lowest BCUT2D eigenvalue weighted by molar-refractivity contribution is -0.142. The zero-order chi connectivity index (χ0) is 16.2. The van der Waals surface area contributed by atoms with Gasteiger partial charge in [-0.25, -0.2) is 0 Å². The van der Waals surface area contributed by atoms with E-state index in [0.29, 0.717) is 18.6 Å². The van der Waals surface area contributed by atoms with Gasteiger partial charge in [0.05, 0.1) is 20.8 Å². The maximum atomic E-state index is 11.3. The van der Waals surface area contributed by atoms with Gasteiger partial charge >= 0.3 is 5.97 Å². The normalized spacial score (nSPS) is 21.9. The number of esters is 1. The van der Waals surface area contributed by atoms with Gasteiger partial charge in [0.25, 0.3) is 0 Å². The largest absolute Gasteiger partial charge is 0.496 e. The van der Waals surface area contributed by atoms with Crippen LogP contribution < -0.4 is 10.1 Å². The number of likely N-dealkylation sites (tertiary alicyclic amines) is 1. The SMILES string of the molecule is COC(=O)CN1CCC(N[C@H]2CCc3c(OC)cccc32)CC1. The number of piperidine rings is 1. The maximum Gasteiger partial charge on any atom is 0.319 e. The van der Waals surface area contributed by atoms with E-state index in [9.17, 15) is 4.79 Å². The van der Waals surface area contributed by atoms with E-state index < -0.39 is 0 Å². The minimum Gasteiger partial charge on any atom is -0.496 e. The lowest BCUT2D eigenvalue weighted by Gasteiger charge is -2.33. The molecule has 3 rings (SSSR count). The van der Waals surface area contributed by atoms with E-state index in [4.69, 9.17) is 9.47 Å². The average molecular weight is 318 g/mol. The van der Waals surface area contributed by atoms with Crippen molar-refractivity contribution in [1.82, 2.24) is 10.2 Å². The van der Waals surface area contributed by atoms with Crippen molar-refractivity contribution in [3.63, 3.8) is 0 Å². The monoisotopic (exact) mass is 318 g/mol. The van der Waals surface area contributed by atoms with Crippen LogP contribution in [0.4, 0.5) is 0 Å². The first kappa shape index (κ1) is 16.3. The molecular formula is C18H26N2O3. The molecule has 0 bridgehead atoms. The van der Waals surface area contributed by atoms with Crippen LogP contribution >= 0.6 is 0 Å². The number of benzene rings is 1. The van der Waals surface area contributed by atoms with Gasteiger partial charge in [-0.1, -0.05) is 12.1 Å². The van der Waals surface area contributed by atoms with E-state index in [1.54, 1.807) is 7.11 Å². The topological polar surface area (TPSA) is 50.8 Å². The second-order valence-corrected chi connectivity index (χ2v) is 6.41. The smallest absolute Gasteiger partial charge is 0.319 e. The molecule has 23 heavy (non-hydrogen) atoms. The Bertz CT molecular complexity index is 553. The maximum absolute atomic E-state index is 11.3. The standard InChI is InChI=1S/C18H26N2O3/c1-22-17-5-3-4-14-15(17)6-7-16(14)19-13-8-10-20(11-9-13)12-18(21)23-2/h3-5,13,16,19H,6-12H2,1-2H3/t16-/m0/s1. The number of methoxy groups -OCH3 is 2. The lowest BCUT2D eigenvalue weighted by atomic mass is 10.0. The fourth-order valence-electron chi connectivity index (χ4n) is 3.77. The Morgan fingerprint density at radius 1 is 1.26 bits per heavy atom. The number of carbonyl (C=O) groups is 1. The molecule has 0 spiro atoms. The lowest BCUT2D eigenvalue weighted by Crippen LogP contribution is -2.45. The molecule has 0 saturated carbocycles. The molecule has 0 unspecified atom stereocenters. The summed E-state index contributed by atoms with van der Waals surface area (Å²) in [5, 5.41) is 3.81. The van der Waals surface area contributed by atoms with E-state index >= 15 is 0 Å². The third-order valence-electron chi connectivity index (χ3n) is 5.05. The van der Waals surface area contributed by atoms with Gasteiger partial charge in [-0.3, -0.25) is 9.69 Å². The highest BCUT2D eigenvalue weighted by atomic mass is 16.5. The van der Waals surface area contributed by atoms with Crippen molar-refractivity contribution in [2.24, 2.45) is 0 Å². The van der Waals surface area contributed by atoms with Crippen LogP contribution in [0.15, 0.2) is 18.2 Å². The molecule has 0 amide bonds. The zero-order valence-electron chi connectivity index (χ0n) is 14.0. The molecule has 0 radical (unpaired) electrons. The minimum absolute atomic E-state index is 0.145. The van der Waals surface area contributed by atoms with Crippen LogP contribution in [0.25, 0.3) is 0 Å². The summed E-state index contributed by atoms with van der Waals surface area (Å²) in [5.74, 6) is 0.868. The van der Waals surface area contributed by atoms with E-state index in [-0.39, 0.29) is 5.97 Å². The number of nitrogens with zero attached hydrogens (tertiary/aromatic N) is 1. The van der Waals surface area contributed by atoms with Gasteiger partial charge in [0.2, 0.25) is 0 Å². The molecule has 0 aromatic heterocycles. The van der Waals surface area contributed by atoms with Crippen LogP contribution in [-0.2, 0) is 16.0 Å². The summed E-state index contributed by atoms with van der Waals surface area (Å²) in [5.41, 5.74) is 2.75. The van der Waals surface area contributed by atoms with Crippen LogP contribution in [0.5, 0.6) is 5.75 Å². The van der Waals surface area contributed by atoms with Gasteiger partial charge in [-0.05, 0) is 42.9 Å². The summed E-state index contributed by atoms with van der Waals surface area (Å²) in [6.07, 6.45) is 4.37. The van der Waals surface area contributed by atoms with Crippen molar-refractivity contribution in [3.8, 4) is 5.75 Å². The molecule has 1 fully saturated rings. The highest BCUT2D eigenvalue weighted by Gasteiger charge is 2.28. The number of carbonyl (C=O) groups excluding carboxylic acids is 1. The molecule has 1 atom stereocenters. The summed E-state index contributed by atoms with van der Waals surface area (Å²) >= 11 is 0. The van der Waals surface area contributed by atoms with Gasteiger partial charge < -0.3 is 14.8 Å². The Balaban J connectivity index is 1.54. The fraction of sp³-hybridized carbons (Fsp3) is 0.611. The molecular weight excluding hydrogens is 292 g/mol. The Labute approximate surface area is 137 Å². The third kappa shape index (κ3) is 3.67. The zero-order valence-corrected chi connectivity index (χ0v) is 14.0. The van der Waals surface area contributed by atoms with Crippen LogP contribution in [0.2, 0.25) is 0 Å². The molecule has 1 N–H and O–H groups in total. The van der Waals surface area contributed by atoms with Gasteiger partial charge in [0.15, 0.2) is 0 Å². The Morgan fingerprint density at radius 2 is 2.04 bits per heavy atom. The summed E-state index contributed by atoms with van der Waals surface area (Å²) in [7, 11) is 3.19. The Hall–Kier alpha value is -1.59. The predicted octanol–water partition coefficient (Wildman–Crippen LogP) is 1.91. The highest BCUT2D eigenvalue weighted by Crippen LogP contribution is 2.37. The van der Waals surface area contributed by atoms with E-state index in [0.717, 1.165) is 44.5 Å². The predicted molar refractivity (Wildman–Crippen MR) is 88.7 cm³/mol. The molecule has 1 heterocycles. The summed E-state index contributed by atoms with van der Waals surface area (Å²) in [4.78, 5) is 13.5. The first-order valence-corrected chi connectivity index (χ1v) is 8.42. The van der Waals surface area contributed by atoms with Crippen LogP contribution in [0.3, 0.4) is 0 Å². The van der Waals surface area contributed by atoms with Crippen molar-refractivity contribution < 1.29 is 14.3 Å². The molecule has 1 aromatic carbocycles. The Kier molecular flexibility index (Phi) is 5.18. The number of rotatable bonds is 5. The van der Waals surface area contributed by atoms with Crippen molar-refractivity contribution in [2.75, 3.05) is 33.9 Å². The second kappa shape index (κ2) is 7.32. The summed E-state index contributed by atoms with van der Waals surface area (Å²) < 4.78 is 10.2. The van der Waals surface area contributed by atoms with Crippen molar-refractivity contribution in [2.45, 2.75) is 37.8 Å².